The Labute approximate surface area is 431 Å². The number of carbonyl (C=O) groups excluding carboxylic acids is 3. The largest absolute Gasteiger partial charge is 0.545 e. The Hall–Kier alpha value is -5.35. The van der Waals surface area contributed by atoms with E-state index >= 15 is 0 Å². The number of carbonyl (C=O) groups is 3. The van der Waals surface area contributed by atoms with Gasteiger partial charge in [-0.3, -0.25) is 9.59 Å². The normalized spacial score (nSPS) is 14.2. The number of carboxylic acid groups (broad SMARTS) is 1. The maximum Gasteiger partial charge on any atom is 0.306 e. The molecular formula is C62H93NO8. The van der Waals surface area contributed by atoms with Crippen LogP contribution in [0.15, 0.2) is 170 Å². The number of likely N-dealkylation sites (N-methyl/N-ethyl adjacent to an activating group) is 1. The average Bonchev–Trinajstić information content (AvgIpc) is 3.34. The molecule has 0 radical (unpaired) electrons. The molecule has 2 unspecified atom stereocenters. The third kappa shape index (κ3) is 52.3. The van der Waals surface area contributed by atoms with E-state index in [1.807, 2.05) is 33.3 Å². The quantitative estimate of drug-likeness (QED) is 0.0195. The number of esters is 2. The lowest BCUT2D eigenvalue weighted by Gasteiger charge is -2.26. The van der Waals surface area contributed by atoms with Gasteiger partial charge >= 0.3 is 11.9 Å². The second kappa shape index (κ2) is 51.0. The predicted molar refractivity (Wildman–Crippen MR) is 296 cm³/mol. The number of nitrogens with zero attached hydrogens (tertiary/aromatic N) is 1. The maximum absolute atomic E-state index is 12.8. The third-order valence-corrected chi connectivity index (χ3v) is 9.97. The van der Waals surface area contributed by atoms with Gasteiger partial charge < -0.3 is 33.3 Å². The molecule has 0 aromatic heterocycles. The first kappa shape index (κ1) is 65.7. The molecule has 2 atom stereocenters. The number of hydrogen-bond donors (Lipinski definition) is 0. The summed E-state index contributed by atoms with van der Waals surface area (Å²) in [6.45, 7) is 4.33. The number of allylic oxidation sites excluding steroid dienone is 28. The minimum Gasteiger partial charge on any atom is -0.545 e. The van der Waals surface area contributed by atoms with Crippen LogP contribution in [0.2, 0.25) is 0 Å². The highest BCUT2D eigenvalue weighted by molar-refractivity contribution is 5.70. The van der Waals surface area contributed by atoms with Gasteiger partial charge in [0.1, 0.15) is 13.2 Å². The first-order valence-electron chi connectivity index (χ1n) is 26.3. The van der Waals surface area contributed by atoms with Crippen molar-refractivity contribution in [2.24, 2.45) is 0 Å². The minimum atomic E-state index is -1.66. The molecule has 0 aliphatic carbocycles. The molecular weight excluding hydrogens is 887 g/mol. The minimum absolute atomic E-state index is 0.116. The number of carboxylic acids is 1. The lowest BCUT2D eigenvalue weighted by Crippen LogP contribution is -2.44. The smallest absolute Gasteiger partial charge is 0.306 e. The van der Waals surface area contributed by atoms with Crippen molar-refractivity contribution < 1.29 is 42.9 Å². The standard InChI is InChI=1S/C62H93NO8/c1-6-8-10-12-14-16-18-20-22-24-26-27-28-29-30-31-32-33-35-37-39-41-43-45-47-49-51-53-60(65)71-58(57-70-62(61(66)67)68-55-54-63(3,4)5)56-69-59(64)52-50-48-46-44-42-40-38-36-34-25-23-21-19-17-15-13-11-9-7-2/h8-11,14-17,20-23,26-27,29-30,32-34,36-37,39-40,42-43,45-46,48,58,62H,6-7,12-13,18-19,24-25,28,31,35,38,41,44,47,49-57H2,1-5H3/b10-8-,11-9-,16-14-,17-15-,22-20-,23-21-,27-26-,30-29-,33-32-,36-34-,39-37-,42-40-,45-43-,48-46-. The third-order valence-electron chi connectivity index (χ3n) is 9.97. The Morgan fingerprint density at radius 2 is 0.775 bits per heavy atom. The van der Waals surface area contributed by atoms with Crippen LogP contribution in [0.5, 0.6) is 0 Å². The molecule has 0 rings (SSSR count). The van der Waals surface area contributed by atoms with E-state index in [1.54, 1.807) is 0 Å². The monoisotopic (exact) mass is 980 g/mol. The Bertz CT molecular complexity index is 1760. The molecule has 0 spiro atoms. The van der Waals surface area contributed by atoms with Crippen LogP contribution in [0.4, 0.5) is 0 Å². The average molecular weight is 980 g/mol. The molecule has 0 aliphatic rings. The lowest BCUT2D eigenvalue weighted by atomic mass is 10.2. The number of aliphatic carboxylic acids is 1. The molecule has 9 heteroatoms. The van der Waals surface area contributed by atoms with Crippen molar-refractivity contribution in [1.82, 2.24) is 0 Å². The van der Waals surface area contributed by atoms with E-state index in [1.165, 1.54) is 0 Å². The summed E-state index contributed by atoms with van der Waals surface area (Å²) in [5.74, 6) is -2.49. The zero-order valence-corrected chi connectivity index (χ0v) is 44.5. The van der Waals surface area contributed by atoms with E-state index in [4.69, 9.17) is 18.9 Å². The van der Waals surface area contributed by atoms with Crippen LogP contribution in [0, 0.1) is 0 Å². The van der Waals surface area contributed by atoms with E-state index in [2.05, 4.69) is 172 Å². The summed E-state index contributed by atoms with van der Waals surface area (Å²) in [5, 5.41) is 11.7. The topological polar surface area (TPSA) is 111 Å². The fraction of sp³-hybridized carbons (Fsp3) is 0.500. The van der Waals surface area contributed by atoms with Gasteiger partial charge in [0.2, 0.25) is 0 Å². The van der Waals surface area contributed by atoms with Crippen molar-refractivity contribution >= 4 is 17.9 Å². The van der Waals surface area contributed by atoms with Gasteiger partial charge in [0.25, 0.3) is 0 Å². The maximum atomic E-state index is 12.8. The van der Waals surface area contributed by atoms with Crippen molar-refractivity contribution in [2.75, 3.05) is 47.5 Å². The zero-order chi connectivity index (χ0) is 52.0. The number of rotatable bonds is 45. The van der Waals surface area contributed by atoms with Crippen LogP contribution in [-0.2, 0) is 33.3 Å². The van der Waals surface area contributed by atoms with Crippen molar-refractivity contribution in [3.63, 3.8) is 0 Å². The molecule has 0 saturated carbocycles. The van der Waals surface area contributed by atoms with Gasteiger partial charge in [-0.05, 0) is 116 Å². The number of hydrogen-bond acceptors (Lipinski definition) is 8. The molecule has 0 fully saturated rings. The number of unbranched alkanes of at least 4 members (excludes halogenated alkanes) is 2. The number of ether oxygens (including phenoxy) is 4. The summed E-state index contributed by atoms with van der Waals surface area (Å²) in [7, 11) is 5.86. The summed E-state index contributed by atoms with van der Waals surface area (Å²) in [6, 6.07) is 0. The molecule has 0 saturated heterocycles. The Kier molecular flexibility index (Phi) is 47.2. The van der Waals surface area contributed by atoms with Crippen molar-refractivity contribution in [3.8, 4) is 0 Å². The highest BCUT2D eigenvalue weighted by atomic mass is 16.7. The van der Waals surface area contributed by atoms with Crippen LogP contribution >= 0.6 is 0 Å². The molecule has 71 heavy (non-hydrogen) atoms. The van der Waals surface area contributed by atoms with E-state index in [-0.39, 0.29) is 32.7 Å². The summed E-state index contributed by atoms with van der Waals surface area (Å²) in [5.41, 5.74) is 0. The molecule has 394 valence electrons. The fourth-order valence-corrected chi connectivity index (χ4v) is 5.99. The van der Waals surface area contributed by atoms with Crippen molar-refractivity contribution in [1.29, 1.82) is 0 Å². The van der Waals surface area contributed by atoms with Gasteiger partial charge in [-0.25, -0.2) is 0 Å². The Morgan fingerprint density at radius 1 is 0.423 bits per heavy atom. The van der Waals surface area contributed by atoms with Crippen molar-refractivity contribution in [3.05, 3.63) is 170 Å². The fourth-order valence-electron chi connectivity index (χ4n) is 5.99. The molecule has 0 aromatic rings. The van der Waals surface area contributed by atoms with Crippen LogP contribution in [-0.4, -0.2) is 82.3 Å². The molecule has 0 aliphatic heterocycles. The van der Waals surface area contributed by atoms with Gasteiger partial charge in [-0.1, -0.05) is 184 Å². The number of quaternary nitrogens is 1. The predicted octanol–water partition coefficient (Wildman–Crippen LogP) is 13.9. The van der Waals surface area contributed by atoms with Crippen LogP contribution in [0.25, 0.3) is 0 Å². The van der Waals surface area contributed by atoms with Crippen molar-refractivity contribution in [2.45, 2.75) is 155 Å². The van der Waals surface area contributed by atoms with Crippen LogP contribution < -0.4 is 5.11 Å². The van der Waals surface area contributed by atoms with E-state index in [0.29, 0.717) is 23.9 Å². The highest BCUT2D eigenvalue weighted by Crippen LogP contribution is 2.09. The van der Waals surface area contributed by atoms with E-state index < -0.39 is 30.3 Å². The Morgan fingerprint density at radius 3 is 1.13 bits per heavy atom. The van der Waals surface area contributed by atoms with Crippen LogP contribution in [0.1, 0.15) is 142 Å². The second-order valence-electron chi connectivity index (χ2n) is 17.7. The molecule has 0 amide bonds. The summed E-state index contributed by atoms with van der Waals surface area (Å²) in [4.78, 5) is 37.1. The molecule has 0 aromatic carbocycles. The summed E-state index contributed by atoms with van der Waals surface area (Å²) >= 11 is 0. The first-order chi connectivity index (χ1) is 34.6. The second-order valence-corrected chi connectivity index (χ2v) is 17.7. The molecule has 0 N–H and O–H groups in total. The van der Waals surface area contributed by atoms with Gasteiger partial charge in [-0.2, -0.15) is 0 Å². The summed E-state index contributed by atoms with van der Waals surface area (Å²) in [6.07, 6.45) is 74.1. The zero-order valence-electron chi connectivity index (χ0n) is 44.5. The van der Waals surface area contributed by atoms with E-state index in [9.17, 15) is 19.5 Å². The lowest BCUT2D eigenvalue weighted by molar-refractivity contribution is -0.870. The highest BCUT2D eigenvalue weighted by Gasteiger charge is 2.21. The van der Waals surface area contributed by atoms with E-state index in [0.717, 1.165) is 103 Å². The van der Waals surface area contributed by atoms with Gasteiger partial charge in [0.15, 0.2) is 12.4 Å². The molecule has 9 nitrogen and oxygen atoms in total. The molecule has 0 heterocycles. The van der Waals surface area contributed by atoms with Gasteiger partial charge in [-0.15, -0.1) is 0 Å². The van der Waals surface area contributed by atoms with Gasteiger partial charge in [0, 0.05) is 12.8 Å². The molecule has 0 bridgehead atoms. The SMILES string of the molecule is CC/C=C\C/C=C\C/C=C\C/C=C\C/C=C\C/C=C\C/C=C\C/C=C\CCCCC(=O)OC(COC(=O)CC/C=C\C/C=C\C/C=C\C/C=C\C/C=C\C/C=C\CC)COC(OCC[N+](C)(C)C)C(=O)[O-]. The van der Waals surface area contributed by atoms with Crippen LogP contribution in [0.3, 0.4) is 0 Å². The van der Waals surface area contributed by atoms with Gasteiger partial charge in [0.05, 0.1) is 40.3 Å². The first-order valence-corrected chi connectivity index (χ1v) is 26.3. The Balaban J connectivity index is 4.57. The summed E-state index contributed by atoms with van der Waals surface area (Å²) < 4.78 is 22.5.